The smallest absolute Gasteiger partial charge is 0.257 e. The molecule has 0 bridgehead atoms. The van der Waals surface area contributed by atoms with Gasteiger partial charge in [0, 0.05) is 24.7 Å². The number of nitrogens with two attached hydrogens (primary N) is 1. The summed E-state index contributed by atoms with van der Waals surface area (Å²) in [5.74, 6) is 1.22. The molecule has 0 aliphatic heterocycles. The normalized spacial score (nSPS) is 15.7. The van der Waals surface area contributed by atoms with E-state index >= 15 is 0 Å². The number of rotatable bonds is 8. The topological polar surface area (TPSA) is 77.2 Å². The predicted molar refractivity (Wildman–Crippen MR) is 77.4 cm³/mol. The molecular formula is C15H23N3O2. The van der Waals surface area contributed by atoms with Crippen LogP contribution in [0.2, 0.25) is 0 Å². The summed E-state index contributed by atoms with van der Waals surface area (Å²) >= 11 is 0. The van der Waals surface area contributed by atoms with Gasteiger partial charge in [-0.05, 0) is 37.3 Å². The van der Waals surface area contributed by atoms with E-state index in [1.54, 1.807) is 6.20 Å². The predicted octanol–water partition coefficient (Wildman–Crippen LogP) is 1.27. The van der Waals surface area contributed by atoms with Crippen LogP contribution >= 0.6 is 0 Å². The van der Waals surface area contributed by atoms with E-state index in [2.05, 4.69) is 17.2 Å². The molecule has 1 amide bonds. The molecule has 0 aromatic carbocycles. The number of ether oxygens (including phenoxy) is 1. The van der Waals surface area contributed by atoms with Gasteiger partial charge >= 0.3 is 0 Å². The fourth-order valence-electron chi connectivity index (χ4n) is 1.81. The second-order valence-corrected chi connectivity index (χ2v) is 5.39. The van der Waals surface area contributed by atoms with Crippen LogP contribution in [0.4, 0.5) is 0 Å². The molecule has 2 rings (SSSR count). The summed E-state index contributed by atoms with van der Waals surface area (Å²) in [5.41, 5.74) is 6.83. The number of pyridine rings is 1. The van der Waals surface area contributed by atoms with Crippen LogP contribution in [0.25, 0.3) is 0 Å². The Balaban J connectivity index is 1.70. The van der Waals surface area contributed by atoms with Crippen molar-refractivity contribution in [1.29, 1.82) is 0 Å². The van der Waals surface area contributed by atoms with Gasteiger partial charge < -0.3 is 15.8 Å². The lowest BCUT2D eigenvalue weighted by atomic mass is 10.1. The van der Waals surface area contributed by atoms with E-state index in [1.165, 1.54) is 12.8 Å². The molecule has 1 aromatic heterocycles. The van der Waals surface area contributed by atoms with Crippen molar-refractivity contribution in [2.75, 3.05) is 13.2 Å². The van der Waals surface area contributed by atoms with Crippen LogP contribution in [0, 0.1) is 5.92 Å². The van der Waals surface area contributed by atoms with Crippen molar-refractivity contribution in [2.24, 2.45) is 11.7 Å². The van der Waals surface area contributed by atoms with Gasteiger partial charge in [-0.3, -0.25) is 9.78 Å². The number of aromatic nitrogens is 1. The Labute approximate surface area is 119 Å². The van der Waals surface area contributed by atoms with Crippen LogP contribution < -0.4 is 15.8 Å². The number of nitrogens with one attached hydrogen (secondary N) is 1. The Morgan fingerprint density at radius 2 is 2.35 bits per heavy atom. The van der Waals surface area contributed by atoms with E-state index in [1.807, 2.05) is 12.1 Å². The molecule has 5 heteroatoms. The Hall–Kier alpha value is -1.62. The number of amides is 1. The van der Waals surface area contributed by atoms with Crippen molar-refractivity contribution in [3.8, 4) is 5.75 Å². The van der Waals surface area contributed by atoms with Gasteiger partial charge in [0.05, 0.1) is 6.20 Å². The SMILES string of the molecule is CCC(N)Cc1ccc(OCC(=O)NCC2CC2)cn1. The molecule has 110 valence electrons. The Morgan fingerprint density at radius 1 is 1.55 bits per heavy atom. The molecule has 1 fully saturated rings. The van der Waals surface area contributed by atoms with Crippen molar-refractivity contribution in [3.05, 3.63) is 24.0 Å². The number of nitrogens with zero attached hydrogens (tertiary/aromatic N) is 1. The summed E-state index contributed by atoms with van der Waals surface area (Å²) in [6.07, 6.45) is 5.80. The van der Waals surface area contributed by atoms with Crippen molar-refractivity contribution >= 4 is 5.91 Å². The molecule has 0 spiro atoms. The average molecular weight is 277 g/mol. The van der Waals surface area contributed by atoms with Crippen molar-refractivity contribution < 1.29 is 9.53 Å². The zero-order valence-corrected chi connectivity index (χ0v) is 12.0. The van der Waals surface area contributed by atoms with E-state index in [0.29, 0.717) is 11.7 Å². The summed E-state index contributed by atoms with van der Waals surface area (Å²) in [6.45, 7) is 2.87. The minimum atomic E-state index is -0.0750. The van der Waals surface area contributed by atoms with E-state index in [4.69, 9.17) is 10.5 Å². The first kappa shape index (κ1) is 14.8. The van der Waals surface area contributed by atoms with Crippen molar-refractivity contribution in [3.63, 3.8) is 0 Å². The zero-order chi connectivity index (χ0) is 14.4. The fourth-order valence-corrected chi connectivity index (χ4v) is 1.81. The second-order valence-electron chi connectivity index (χ2n) is 5.39. The number of carbonyl (C=O) groups excluding carboxylic acids is 1. The minimum absolute atomic E-state index is 0.0439. The summed E-state index contributed by atoms with van der Waals surface area (Å²) in [7, 11) is 0. The average Bonchev–Trinajstić information content (AvgIpc) is 3.28. The van der Waals surface area contributed by atoms with Crippen LogP contribution in [0.15, 0.2) is 18.3 Å². The monoisotopic (exact) mass is 277 g/mol. The molecule has 1 saturated carbocycles. The van der Waals surface area contributed by atoms with E-state index < -0.39 is 0 Å². The highest BCUT2D eigenvalue weighted by Crippen LogP contribution is 2.27. The minimum Gasteiger partial charge on any atom is -0.482 e. The van der Waals surface area contributed by atoms with E-state index in [-0.39, 0.29) is 18.6 Å². The highest BCUT2D eigenvalue weighted by molar-refractivity contribution is 5.77. The molecular weight excluding hydrogens is 254 g/mol. The maximum Gasteiger partial charge on any atom is 0.257 e. The molecule has 1 unspecified atom stereocenters. The Morgan fingerprint density at radius 3 is 2.95 bits per heavy atom. The lowest BCUT2D eigenvalue weighted by molar-refractivity contribution is -0.123. The largest absolute Gasteiger partial charge is 0.482 e. The van der Waals surface area contributed by atoms with Crippen LogP contribution in [0.5, 0.6) is 5.75 Å². The molecule has 0 radical (unpaired) electrons. The lowest BCUT2D eigenvalue weighted by Gasteiger charge is -2.09. The summed E-state index contributed by atoms with van der Waals surface area (Å²) in [6, 6.07) is 3.87. The number of hydrogen-bond donors (Lipinski definition) is 2. The van der Waals surface area contributed by atoms with Gasteiger partial charge in [0.1, 0.15) is 5.75 Å². The summed E-state index contributed by atoms with van der Waals surface area (Å²) in [4.78, 5) is 15.8. The standard InChI is InChI=1S/C15H23N3O2/c1-2-12(16)7-13-5-6-14(9-17-13)20-10-15(19)18-8-11-3-4-11/h5-6,9,11-12H,2-4,7-8,10,16H2,1H3,(H,18,19). The van der Waals surface area contributed by atoms with Crippen molar-refractivity contribution in [1.82, 2.24) is 10.3 Å². The van der Waals surface area contributed by atoms with Gasteiger partial charge in [-0.15, -0.1) is 0 Å². The maximum absolute atomic E-state index is 11.5. The highest BCUT2D eigenvalue weighted by Gasteiger charge is 2.21. The van der Waals surface area contributed by atoms with Crippen molar-refractivity contribution in [2.45, 2.75) is 38.6 Å². The Kier molecular flexibility index (Phi) is 5.35. The summed E-state index contributed by atoms with van der Waals surface area (Å²) in [5, 5.41) is 2.86. The Bertz CT molecular complexity index is 429. The third-order valence-corrected chi connectivity index (χ3v) is 3.45. The van der Waals surface area contributed by atoms with E-state index in [0.717, 1.165) is 25.1 Å². The van der Waals surface area contributed by atoms with Crippen LogP contribution in [-0.4, -0.2) is 30.1 Å². The summed E-state index contributed by atoms with van der Waals surface area (Å²) < 4.78 is 5.40. The molecule has 1 aliphatic rings. The maximum atomic E-state index is 11.5. The quantitative estimate of drug-likeness (QED) is 0.750. The van der Waals surface area contributed by atoms with Gasteiger partial charge in [-0.2, -0.15) is 0 Å². The number of hydrogen-bond acceptors (Lipinski definition) is 4. The third kappa shape index (κ3) is 5.17. The van der Waals surface area contributed by atoms with Crippen LogP contribution in [0.3, 0.4) is 0 Å². The zero-order valence-electron chi connectivity index (χ0n) is 12.0. The second kappa shape index (κ2) is 7.24. The number of carbonyl (C=O) groups is 1. The molecule has 5 nitrogen and oxygen atoms in total. The van der Waals surface area contributed by atoms with Gasteiger partial charge in [0.15, 0.2) is 6.61 Å². The molecule has 1 aromatic rings. The molecule has 20 heavy (non-hydrogen) atoms. The molecule has 1 atom stereocenters. The first-order valence-corrected chi connectivity index (χ1v) is 7.27. The molecule has 1 aliphatic carbocycles. The third-order valence-electron chi connectivity index (χ3n) is 3.45. The van der Waals surface area contributed by atoms with Gasteiger partial charge in [-0.1, -0.05) is 6.92 Å². The van der Waals surface area contributed by atoms with E-state index in [9.17, 15) is 4.79 Å². The molecule has 1 heterocycles. The first-order valence-electron chi connectivity index (χ1n) is 7.27. The van der Waals surface area contributed by atoms with Gasteiger partial charge in [0.25, 0.3) is 5.91 Å². The molecule has 0 saturated heterocycles. The fraction of sp³-hybridized carbons (Fsp3) is 0.600. The first-order chi connectivity index (χ1) is 9.67. The van der Waals surface area contributed by atoms with Crippen LogP contribution in [0.1, 0.15) is 31.9 Å². The highest BCUT2D eigenvalue weighted by atomic mass is 16.5. The van der Waals surface area contributed by atoms with Crippen LogP contribution in [-0.2, 0) is 11.2 Å². The van der Waals surface area contributed by atoms with Gasteiger partial charge in [-0.25, -0.2) is 0 Å². The lowest BCUT2D eigenvalue weighted by Crippen LogP contribution is -2.30. The van der Waals surface area contributed by atoms with Gasteiger partial charge in [0.2, 0.25) is 0 Å². The molecule has 3 N–H and O–H groups in total.